The quantitative estimate of drug-likeness (QED) is 0.639. The Bertz CT molecular complexity index is 762. The maximum atomic E-state index is 12.4. The largest absolute Gasteiger partial charge is 0.463 e. The second-order valence-electron chi connectivity index (χ2n) is 6.76. The van der Waals surface area contributed by atoms with Crippen molar-refractivity contribution in [1.29, 1.82) is 0 Å². The fraction of sp³-hybridized carbons (Fsp3) is 0.333. The third-order valence-electron chi connectivity index (χ3n) is 4.75. The van der Waals surface area contributed by atoms with Gasteiger partial charge in [-0.3, -0.25) is 9.63 Å². The fourth-order valence-corrected chi connectivity index (χ4v) is 3.21. The molecular formula is C21H25N3O4. The number of hydrogen-bond acceptors (Lipinski definition) is 4. The molecule has 0 radical (unpaired) electrons. The maximum Gasteiger partial charge on any atom is 0.431 e. The zero-order chi connectivity index (χ0) is 19.8. The van der Waals surface area contributed by atoms with E-state index in [4.69, 9.17) is 4.84 Å². The van der Waals surface area contributed by atoms with Crippen LogP contribution < -0.4 is 10.6 Å². The molecule has 0 aliphatic carbocycles. The number of amides is 2. The first-order chi connectivity index (χ1) is 13.6. The third-order valence-corrected chi connectivity index (χ3v) is 4.75. The summed E-state index contributed by atoms with van der Waals surface area (Å²) in [5, 5.41) is 16.5. The SMILES string of the molecule is O=C(NCc1ccccc1)[C@@H]1CC[C@@H](N(OCc2ccccc2)C(=O)O)CN1. The summed E-state index contributed by atoms with van der Waals surface area (Å²) in [7, 11) is 0. The van der Waals surface area contributed by atoms with Crippen LogP contribution in [0, 0.1) is 0 Å². The van der Waals surface area contributed by atoms with Crippen LogP contribution in [0.2, 0.25) is 0 Å². The van der Waals surface area contributed by atoms with Gasteiger partial charge in [0.1, 0.15) is 6.61 Å². The minimum atomic E-state index is -1.13. The highest BCUT2D eigenvalue weighted by atomic mass is 16.7. The Morgan fingerprint density at radius 3 is 2.25 bits per heavy atom. The Labute approximate surface area is 164 Å². The van der Waals surface area contributed by atoms with Crippen LogP contribution >= 0.6 is 0 Å². The molecule has 3 N–H and O–H groups in total. The molecule has 2 aromatic rings. The molecule has 3 rings (SSSR count). The summed E-state index contributed by atoms with van der Waals surface area (Å²) in [5.74, 6) is -0.0746. The second-order valence-corrected chi connectivity index (χ2v) is 6.76. The van der Waals surface area contributed by atoms with Crippen LogP contribution in [0.5, 0.6) is 0 Å². The minimum Gasteiger partial charge on any atom is -0.463 e. The van der Waals surface area contributed by atoms with E-state index in [9.17, 15) is 14.7 Å². The van der Waals surface area contributed by atoms with Crippen LogP contribution in [-0.2, 0) is 22.8 Å². The number of carboxylic acid groups (broad SMARTS) is 1. The summed E-state index contributed by atoms with van der Waals surface area (Å²) < 4.78 is 0. The van der Waals surface area contributed by atoms with Crippen molar-refractivity contribution in [3.63, 3.8) is 0 Å². The van der Waals surface area contributed by atoms with Crippen LogP contribution in [0.1, 0.15) is 24.0 Å². The van der Waals surface area contributed by atoms with E-state index in [1.54, 1.807) is 0 Å². The zero-order valence-electron chi connectivity index (χ0n) is 15.6. The molecule has 0 saturated carbocycles. The third kappa shape index (κ3) is 5.55. The molecule has 7 heteroatoms. The number of hydrogen-bond donors (Lipinski definition) is 3. The van der Waals surface area contributed by atoms with Gasteiger partial charge in [0.15, 0.2) is 0 Å². The van der Waals surface area contributed by atoms with E-state index in [0.717, 1.165) is 16.2 Å². The van der Waals surface area contributed by atoms with Gasteiger partial charge in [0.25, 0.3) is 0 Å². The summed E-state index contributed by atoms with van der Waals surface area (Å²) in [4.78, 5) is 29.5. The molecule has 1 aliphatic heterocycles. The van der Waals surface area contributed by atoms with E-state index in [2.05, 4.69) is 10.6 Å². The minimum absolute atomic E-state index is 0.0746. The first kappa shape index (κ1) is 19.9. The molecule has 1 fully saturated rings. The topological polar surface area (TPSA) is 90.9 Å². The van der Waals surface area contributed by atoms with Gasteiger partial charge in [-0.15, -0.1) is 0 Å². The number of nitrogens with one attached hydrogen (secondary N) is 2. The van der Waals surface area contributed by atoms with Crippen LogP contribution in [0.15, 0.2) is 60.7 Å². The van der Waals surface area contributed by atoms with Gasteiger partial charge in [-0.2, -0.15) is 5.06 Å². The van der Waals surface area contributed by atoms with E-state index < -0.39 is 6.09 Å². The zero-order valence-corrected chi connectivity index (χ0v) is 15.6. The Balaban J connectivity index is 1.46. The monoisotopic (exact) mass is 383 g/mol. The summed E-state index contributed by atoms with van der Waals surface area (Å²) >= 11 is 0. The fourth-order valence-electron chi connectivity index (χ4n) is 3.21. The normalized spacial score (nSPS) is 19.0. The summed E-state index contributed by atoms with van der Waals surface area (Å²) in [5.41, 5.74) is 1.94. The number of hydroxylamine groups is 2. The van der Waals surface area contributed by atoms with Crippen LogP contribution in [0.3, 0.4) is 0 Å². The highest BCUT2D eigenvalue weighted by Gasteiger charge is 2.32. The lowest BCUT2D eigenvalue weighted by molar-refractivity contribution is -0.170. The summed E-state index contributed by atoms with van der Waals surface area (Å²) in [6, 6.07) is 18.5. The van der Waals surface area contributed by atoms with E-state index in [1.807, 2.05) is 60.7 Å². The van der Waals surface area contributed by atoms with Gasteiger partial charge in [-0.05, 0) is 24.0 Å². The van der Waals surface area contributed by atoms with Crippen molar-refractivity contribution in [3.05, 3.63) is 71.8 Å². The molecule has 0 spiro atoms. The number of carbonyl (C=O) groups excluding carboxylic acids is 1. The van der Waals surface area contributed by atoms with E-state index in [0.29, 0.717) is 25.9 Å². The molecular weight excluding hydrogens is 358 g/mol. The van der Waals surface area contributed by atoms with Crippen molar-refractivity contribution in [2.24, 2.45) is 0 Å². The smallest absolute Gasteiger partial charge is 0.431 e. The molecule has 1 saturated heterocycles. The van der Waals surface area contributed by atoms with E-state index in [-0.39, 0.29) is 24.6 Å². The molecule has 0 bridgehead atoms. The van der Waals surface area contributed by atoms with Gasteiger partial charge in [0.2, 0.25) is 5.91 Å². The number of rotatable bonds is 7. The van der Waals surface area contributed by atoms with Crippen molar-refractivity contribution in [1.82, 2.24) is 15.7 Å². The molecule has 2 atom stereocenters. The van der Waals surface area contributed by atoms with Gasteiger partial charge in [0.05, 0.1) is 12.1 Å². The van der Waals surface area contributed by atoms with Gasteiger partial charge < -0.3 is 15.7 Å². The van der Waals surface area contributed by atoms with E-state index in [1.165, 1.54) is 0 Å². The molecule has 7 nitrogen and oxygen atoms in total. The molecule has 1 heterocycles. The molecule has 2 amide bonds. The van der Waals surface area contributed by atoms with Gasteiger partial charge in [0, 0.05) is 13.1 Å². The maximum absolute atomic E-state index is 12.4. The second kappa shape index (κ2) is 9.87. The Morgan fingerprint density at radius 1 is 1.04 bits per heavy atom. The molecule has 0 aromatic heterocycles. The lowest BCUT2D eigenvalue weighted by atomic mass is 10.00. The predicted molar refractivity (Wildman–Crippen MR) is 104 cm³/mol. The lowest BCUT2D eigenvalue weighted by Crippen LogP contribution is -2.55. The highest BCUT2D eigenvalue weighted by molar-refractivity contribution is 5.81. The van der Waals surface area contributed by atoms with Crippen molar-refractivity contribution in [2.45, 2.75) is 38.1 Å². The number of benzene rings is 2. The lowest BCUT2D eigenvalue weighted by Gasteiger charge is -2.34. The Kier molecular flexibility index (Phi) is 7.00. The Hall–Kier alpha value is -2.90. The first-order valence-corrected chi connectivity index (χ1v) is 9.37. The first-order valence-electron chi connectivity index (χ1n) is 9.37. The summed E-state index contributed by atoms with van der Waals surface area (Å²) in [6.45, 7) is 1.03. The number of piperidine rings is 1. The number of carbonyl (C=O) groups is 2. The predicted octanol–water partition coefficient (Wildman–Crippen LogP) is 2.54. The van der Waals surface area contributed by atoms with Gasteiger partial charge in [-0.25, -0.2) is 4.79 Å². The Morgan fingerprint density at radius 2 is 1.68 bits per heavy atom. The van der Waals surface area contributed by atoms with Crippen molar-refractivity contribution < 1.29 is 19.5 Å². The average Bonchev–Trinajstić information content (AvgIpc) is 2.74. The molecule has 1 aliphatic rings. The van der Waals surface area contributed by atoms with E-state index >= 15 is 0 Å². The standard InChI is InChI=1S/C21H25N3O4/c25-20(23-13-16-7-3-1-4-8-16)19-12-11-18(14-22-19)24(21(26)27)28-15-17-9-5-2-6-10-17/h1-10,18-19,22H,11-15H2,(H,23,25)(H,26,27)/t18-,19+/m1/s1. The van der Waals surface area contributed by atoms with Gasteiger partial charge in [-0.1, -0.05) is 60.7 Å². The number of nitrogens with zero attached hydrogens (tertiary/aromatic N) is 1. The summed E-state index contributed by atoms with van der Waals surface area (Å²) in [6.07, 6.45) is -0.0314. The van der Waals surface area contributed by atoms with Crippen molar-refractivity contribution in [3.8, 4) is 0 Å². The molecule has 0 unspecified atom stereocenters. The van der Waals surface area contributed by atoms with Crippen LogP contribution in [0.25, 0.3) is 0 Å². The van der Waals surface area contributed by atoms with Crippen molar-refractivity contribution >= 4 is 12.0 Å². The molecule has 2 aromatic carbocycles. The average molecular weight is 383 g/mol. The molecule has 28 heavy (non-hydrogen) atoms. The van der Waals surface area contributed by atoms with Crippen LogP contribution in [-0.4, -0.2) is 40.8 Å². The van der Waals surface area contributed by atoms with Gasteiger partial charge >= 0.3 is 6.09 Å². The highest BCUT2D eigenvalue weighted by Crippen LogP contribution is 2.16. The van der Waals surface area contributed by atoms with Crippen LogP contribution in [0.4, 0.5) is 4.79 Å². The molecule has 148 valence electrons. The van der Waals surface area contributed by atoms with Crippen molar-refractivity contribution in [2.75, 3.05) is 6.54 Å².